The second-order valence-electron chi connectivity index (χ2n) is 2.28. The largest absolute Gasteiger partial charge is 0.411 e. The van der Waals surface area contributed by atoms with Crippen LogP contribution in [0.3, 0.4) is 0 Å². The Balaban J connectivity index is 2.85. The fourth-order valence-corrected chi connectivity index (χ4v) is 1.45. The second-order valence-corrected chi connectivity index (χ2v) is 3.15. The lowest BCUT2D eigenvalue weighted by Crippen LogP contribution is -1.85. The van der Waals surface area contributed by atoms with Gasteiger partial charge in [-0.25, -0.2) is 0 Å². The highest BCUT2D eigenvalue weighted by Gasteiger charge is 1.96. The van der Waals surface area contributed by atoms with E-state index in [4.69, 9.17) is 28.4 Å². The summed E-state index contributed by atoms with van der Waals surface area (Å²) in [6.07, 6.45) is 1.90. The summed E-state index contributed by atoms with van der Waals surface area (Å²) in [5, 5.41) is 12.2. The molecule has 0 spiro atoms. The van der Waals surface area contributed by atoms with E-state index in [2.05, 4.69) is 5.16 Å². The molecule has 0 aliphatic heterocycles. The van der Waals surface area contributed by atoms with Gasteiger partial charge in [-0.1, -0.05) is 23.2 Å². The van der Waals surface area contributed by atoms with E-state index in [9.17, 15) is 0 Å². The van der Waals surface area contributed by atoms with Crippen molar-refractivity contribution in [1.29, 1.82) is 0 Å². The molecule has 0 aromatic heterocycles. The highest BCUT2D eigenvalue weighted by Crippen LogP contribution is 2.18. The Morgan fingerprint density at radius 3 is 2.33 bits per heavy atom. The summed E-state index contributed by atoms with van der Waals surface area (Å²) in [5.74, 6) is 0. The van der Waals surface area contributed by atoms with Crippen LogP contribution >= 0.6 is 23.2 Å². The number of rotatable bonds is 2. The molecule has 0 heterocycles. The average molecular weight is 204 g/mol. The van der Waals surface area contributed by atoms with Gasteiger partial charge in [0.1, 0.15) is 0 Å². The van der Waals surface area contributed by atoms with Gasteiger partial charge >= 0.3 is 0 Å². The van der Waals surface area contributed by atoms with Crippen LogP contribution in [0.1, 0.15) is 5.56 Å². The molecule has 64 valence electrons. The van der Waals surface area contributed by atoms with Crippen LogP contribution in [-0.2, 0) is 6.42 Å². The number of hydrogen-bond acceptors (Lipinski definition) is 2. The highest BCUT2D eigenvalue weighted by atomic mass is 35.5. The summed E-state index contributed by atoms with van der Waals surface area (Å²) in [6, 6.07) is 5.20. The van der Waals surface area contributed by atoms with E-state index in [1.54, 1.807) is 18.2 Å². The molecule has 1 aromatic carbocycles. The SMILES string of the molecule is ON=CCc1cc(Cl)cc(Cl)c1. The van der Waals surface area contributed by atoms with Crippen LogP contribution in [0.5, 0.6) is 0 Å². The molecule has 0 aliphatic carbocycles. The Morgan fingerprint density at radius 1 is 1.25 bits per heavy atom. The van der Waals surface area contributed by atoms with Gasteiger partial charge < -0.3 is 5.21 Å². The Bertz CT molecular complexity index is 279. The molecule has 2 nitrogen and oxygen atoms in total. The van der Waals surface area contributed by atoms with E-state index in [0.717, 1.165) is 5.56 Å². The van der Waals surface area contributed by atoms with Gasteiger partial charge in [0.2, 0.25) is 0 Å². The zero-order valence-corrected chi connectivity index (χ0v) is 7.68. The van der Waals surface area contributed by atoms with Crippen LogP contribution in [0.15, 0.2) is 23.4 Å². The molecule has 12 heavy (non-hydrogen) atoms. The maximum absolute atomic E-state index is 8.17. The van der Waals surface area contributed by atoms with Gasteiger partial charge in [-0.2, -0.15) is 0 Å². The third-order valence-electron chi connectivity index (χ3n) is 1.33. The molecule has 0 saturated heterocycles. The fourth-order valence-electron chi connectivity index (χ4n) is 0.875. The van der Waals surface area contributed by atoms with Crippen molar-refractivity contribution >= 4 is 29.4 Å². The van der Waals surface area contributed by atoms with Crippen molar-refractivity contribution < 1.29 is 5.21 Å². The predicted molar refractivity (Wildman–Crippen MR) is 50.4 cm³/mol. The molecule has 1 rings (SSSR count). The van der Waals surface area contributed by atoms with Crippen molar-refractivity contribution in [3.63, 3.8) is 0 Å². The van der Waals surface area contributed by atoms with Crippen LogP contribution in [0.2, 0.25) is 10.0 Å². The van der Waals surface area contributed by atoms with Gasteiger partial charge in [0, 0.05) is 22.7 Å². The van der Waals surface area contributed by atoms with Crippen LogP contribution in [-0.4, -0.2) is 11.4 Å². The molecule has 0 atom stereocenters. The average Bonchev–Trinajstić information content (AvgIpc) is 1.99. The molecular formula is C8H7Cl2NO. The lowest BCUT2D eigenvalue weighted by atomic mass is 10.2. The Kier molecular flexibility index (Phi) is 3.38. The first-order valence-corrected chi connectivity index (χ1v) is 4.09. The summed E-state index contributed by atoms with van der Waals surface area (Å²) < 4.78 is 0. The second kappa shape index (κ2) is 4.33. The smallest absolute Gasteiger partial charge is 0.0479 e. The molecule has 0 amide bonds. The molecule has 1 aromatic rings. The first-order chi connectivity index (χ1) is 5.72. The zero-order chi connectivity index (χ0) is 8.97. The standard InChI is InChI=1S/C8H7Cl2NO/c9-7-3-6(1-2-11-12)4-8(10)5-7/h2-5,12H,1H2. The fraction of sp³-hybridized carbons (Fsp3) is 0.125. The molecule has 0 unspecified atom stereocenters. The van der Waals surface area contributed by atoms with Crippen molar-refractivity contribution in [3.8, 4) is 0 Å². The quantitative estimate of drug-likeness (QED) is 0.448. The van der Waals surface area contributed by atoms with Crippen molar-refractivity contribution in [2.24, 2.45) is 5.16 Å². The van der Waals surface area contributed by atoms with Crippen molar-refractivity contribution in [3.05, 3.63) is 33.8 Å². The number of oxime groups is 1. The first kappa shape index (κ1) is 9.36. The minimum Gasteiger partial charge on any atom is -0.411 e. The molecule has 0 bridgehead atoms. The normalized spacial score (nSPS) is 10.8. The lowest BCUT2D eigenvalue weighted by Gasteiger charge is -1.97. The Hall–Kier alpha value is -0.730. The first-order valence-electron chi connectivity index (χ1n) is 3.33. The van der Waals surface area contributed by atoms with E-state index < -0.39 is 0 Å². The highest BCUT2D eigenvalue weighted by molar-refractivity contribution is 6.34. The lowest BCUT2D eigenvalue weighted by molar-refractivity contribution is 0.321. The number of nitrogens with zero attached hydrogens (tertiary/aromatic N) is 1. The van der Waals surface area contributed by atoms with E-state index in [-0.39, 0.29) is 0 Å². The minimum absolute atomic E-state index is 0.525. The van der Waals surface area contributed by atoms with Crippen molar-refractivity contribution in [1.82, 2.24) is 0 Å². The van der Waals surface area contributed by atoms with Gasteiger partial charge in [-0.05, 0) is 23.8 Å². The Morgan fingerprint density at radius 2 is 1.83 bits per heavy atom. The summed E-state index contributed by atoms with van der Waals surface area (Å²) in [6.45, 7) is 0. The molecule has 0 fully saturated rings. The summed E-state index contributed by atoms with van der Waals surface area (Å²) in [7, 11) is 0. The molecule has 1 N–H and O–H groups in total. The molecule has 0 saturated carbocycles. The zero-order valence-electron chi connectivity index (χ0n) is 6.17. The van der Waals surface area contributed by atoms with Crippen LogP contribution in [0.4, 0.5) is 0 Å². The molecular weight excluding hydrogens is 197 g/mol. The van der Waals surface area contributed by atoms with Gasteiger partial charge in [0.25, 0.3) is 0 Å². The molecule has 0 radical (unpaired) electrons. The van der Waals surface area contributed by atoms with Crippen LogP contribution in [0, 0.1) is 0 Å². The number of halogens is 2. The van der Waals surface area contributed by atoms with Gasteiger partial charge in [-0.3, -0.25) is 0 Å². The molecule has 4 heteroatoms. The summed E-state index contributed by atoms with van der Waals surface area (Å²) in [4.78, 5) is 0. The maximum Gasteiger partial charge on any atom is 0.0479 e. The summed E-state index contributed by atoms with van der Waals surface area (Å²) >= 11 is 11.5. The third-order valence-corrected chi connectivity index (χ3v) is 1.77. The minimum atomic E-state index is 0.525. The van der Waals surface area contributed by atoms with Gasteiger partial charge in [-0.15, -0.1) is 5.16 Å². The number of hydrogen-bond donors (Lipinski definition) is 1. The maximum atomic E-state index is 8.17. The third kappa shape index (κ3) is 2.72. The van der Waals surface area contributed by atoms with Gasteiger partial charge in [0.05, 0.1) is 0 Å². The predicted octanol–water partition coefficient (Wildman–Crippen LogP) is 3.00. The van der Waals surface area contributed by atoms with Crippen molar-refractivity contribution in [2.45, 2.75) is 6.42 Å². The number of benzene rings is 1. The van der Waals surface area contributed by atoms with E-state index in [1.807, 2.05) is 0 Å². The topological polar surface area (TPSA) is 32.6 Å². The van der Waals surface area contributed by atoms with Crippen LogP contribution < -0.4 is 0 Å². The van der Waals surface area contributed by atoms with Gasteiger partial charge in [0.15, 0.2) is 0 Å². The molecule has 0 aliphatic rings. The summed E-state index contributed by atoms with van der Waals surface area (Å²) in [5.41, 5.74) is 0.922. The Labute approximate surface area is 80.4 Å². The van der Waals surface area contributed by atoms with E-state index in [0.29, 0.717) is 16.5 Å². The van der Waals surface area contributed by atoms with Crippen molar-refractivity contribution in [2.75, 3.05) is 0 Å². The van der Waals surface area contributed by atoms with E-state index in [1.165, 1.54) is 6.21 Å². The van der Waals surface area contributed by atoms with E-state index >= 15 is 0 Å². The monoisotopic (exact) mass is 203 g/mol. The van der Waals surface area contributed by atoms with Crippen LogP contribution in [0.25, 0.3) is 0 Å².